The van der Waals surface area contributed by atoms with Gasteiger partial charge >= 0.3 is 17.9 Å². The summed E-state index contributed by atoms with van der Waals surface area (Å²) in [5.41, 5.74) is -2.28. The van der Waals surface area contributed by atoms with Crippen molar-refractivity contribution in [2.45, 2.75) is 11.1 Å². The van der Waals surface area contributed by atoms with Crippen molar-refractivity contribution in [3.8, 4) is 17.5 Å². The van der Waals surface area contributed by atoms with Gasteiger partial charge in [-0.1, -0.05) is 24.3 Å². The molecule has 0 unspecified atom stereocenters. The molecule has 0 saturated carbocycles. The second kappa shape index (κ2) is 8.63. The van der Waals surface area contributed by atoms with Crippen LogP contribution in [0.2, 0.25) is 0 Å². The Balaban J connectivity index is 1.93. The molecule has 1 aromatic heterocycles. The number of aromatic nitrogens is 3. The Labute approximate surface area is 185 Å². The zero-order chi connectivity index (χ0) is 23.7. The average Bonchev–Trinajstić information content (AvgIpc) is 3.02. The zero-order valence-electron chi connectivity index (χ0n) is 16.5. The number of hydrogen-bond acceptors (Lipinski definition) is 7. The lowest BCUT2D eigenvalue weighted by molar-refractivity contribution is -0.139. The molecular weight excluding hydrogens is 473 g/mol. The number of rotatable bonds is 5. The minimum absolute atomic E-state index is 0.209. The molecule has 0 aliphatic carbocycles. The molecule has 170 valence electrons. The number of nitrogens with zero attached hydrogens (tertiary/aromatic N) is 3. The summed E-state index contributed by atoms with van der Waals surface area (Å²) in [6.45, 7) is 0. The van der Waals surface area contributed by atoms with Crippen LogP contribution < -0.4 is 19.9 Å². The SMILES string of the molecule is COc1ccccc1Oc1nn(C(=S)NS(=O)(=O)c2ccccc2C(F)(F)F)c(=O)n1C. The van der Waals surface area contributed by atoms with Crippen molar-refractivity contribution in [1.29, 1.82) is 0 Å². The number of benzene rings is 2. The summed E-state index contributed by atoms with van der Waals surface area (Å²) in [6, 6.07) is 9.75. The molecule has 0 bridgehead atoms. The molecule has 0 aliphatic rings. The van der Waals surface area contributed by atoms with E-state index < -0.39 is 37.5 Å². The highest BCUT2D eigenvalue weighted by Gasteiger charge is 2.37. The van der Waals surface area contributed by atoms with Gasteiger partial charge in [-0.15, -0.1) is 9.78 Å². The zero-order valence-corrected chi connectivity index (χ0v) is 18.1. The van der Waals surface area contributed by atoms with E-state index in [0.29, 0.717) is 16.5 Å². The number of thiocarbonyl (C=S) groups is 1. The Kier molecular flexibility index (Phi) is 6.27. The largest absolute Gasteiger partial charge is 0.493 e. The van der Waals surface area contributed by atoms with Crippen LogP contribution in [-0.2, 0) is 23.2 Å². The van der Waals surface area contributed by atoms with Gasteiger partial charge in [-0.3, -0.25) is 4.72 Å². The first kappa shape index (κ1) is 23.3. The van der Waals surface area contributed by atoms with Gasteiger partial charge in [-0.2, -0.15) is 13.2 Å². The predicted octanol–water partition coefficient (Wildman–Crippen LogP) is 2.51. The lowest BCUT2D eigenvalue weighted by Crippen LogP contribution is -2.40. The van der Waals surface area contributed by atoms with Crippen LogP contribution in [0.1, 0.15) is 5.56 Å². The standard InChI is InChI=1S/C18H15F3N4O5S2/c1-24-15(30-13-9-5-4-8-12(13)29-2)22-25(17(24)26)16(31)23-32(27,28)14-10-6-3-7-11(14)18(19,20)21/h3-10H,1-2H3,(H,23,31). The summed E-state index contributed by atoms with van der Waals surface area (Å²) in [4.78, 5) is 11.4. The lowest BCUT2D eigenvalue weighted by Gasteiger charge is -2.14. The Hall–Kier alpha value is -3.39. The Morgan fingerprint density at radius 3 is 2.31 bits per heavy atom. The fourth-order valence-corrected chi connectivity index (χ4v) is 4.20. The molecule has 9 nitrogen and oxygen atoms in total. The second-order valence-corrected chi connectivity index (χ2v) is 8.23. The first-order valence-electron chi connectivity index (χ1n) is 8.66. The first-order valence-corrected chi connectivity index (χ1v) is 10.5. The minimum atomic E-state index is -4.93. The maximum absolute atomic E-state index is 13.2. The molecule has 1 N–H and O–H groups in total. The smallest absolute Gasteiger partial charge is 0.417 e. The van der Waals surface area contributed by atoms with E-state index in [4.69, 9.17) is 21.7 Å². The van der Waals surface area contributed by atoms with Gasteiger partial charge < -0.3 is 9.47 Å². The average molecular weight is 488 g/mol. The van der Waals surface area contributed by atoms with E-state index in [1.165, 1.54) is 20.2 Å². The molecular formula is C18H15F3N4O5S2. The van der Waals surface area contributed by atoms with Crippen molar-refractivity contribution >= 4 is 27.4 Å². The fraction of sp³-hybridized carbons (Fsp3) is 0.167. The monoisotopic (exact) mass is 488 g/mol. The molecule has 0 fully saturated rings. The van der Waals surface area contributed by atoms with Gasteiger partial charge in [0.1, 0.15) is 0 Å². The minimum Gasteiger partial charge on any atom is -0.493 e. The topological polar surface area (TPSA) is 104 Å². The summed E-state index contributed by atoms with van der Waals surface area (Å²) < 4.78 is 78.6. The maximum atomic E-state index is 13.2. The molecule has 2 aromatic carbocycles. The molecule has 32 heavy (non-hydrogen) atoms. The number of hydrogen-bond donors (Lipinski definition) is 1. The number of para-hydroxylation sites is 2. The van der Waals surface area contributed by atoms with Gasteiger partial charge in [0.25, 0.3) is 10.0 Å². The van der Waals surface area contributed by atoms with Crippen molar-refractivity contribution < 1.29 is 31.1 Å². The predicted molar refractivity (Wildman–Crippen MR) is 110 cm³/mol. The van der Waals surface area contributed by atoms with E-state index >= 15 is 0 Å². The van der Waals surface area contributed by atoms with Crippen LogP contribution in [0.3, 0.4) is 0 Å². The van der Waals surface area contributed by atoms with Gasteiger partial charge in [0, 0.05) is 7.05 Å². The molecule has 3 aromatic rings. The molecule has 0 radical (unpaired) electrons. The van der Waals surface area contributed by atoms with E-state index in [0.717, 1.165) is 22.8 Å². The summed E-state index contributed by atoms with van der Waals surface area (Å²) in [7, 11) is -2.10. The molecule has 0 atom stereocenters. The fourth-order valence-electron chi connectivity index (χ4n) is 2.59. The van der Waals surface area contributed by atoms with Crippen LogP contribution in [0.4, 0.5) is 13.2 Å². The Morgan fingerprint density at radius 1 is 1.09 bits per heavy atom. The number of ether oxygens (including phenoxy) is 2. The molecule has 14 heteroatoms. The van der Waals surface area contributed by atoms with Crippen LogP contribution in [0.25, 0.3) is 0 Å². The summed E-state index contributed by atoms with van der Waals surface area (Å²) >= 11 is 4.91. The molecule has 0 aliphatic heterocycles. The third kappa shape index (κ3) is 4.60. The van der Waals surface area contributed by atoms with Gasteiger partial charge in [0.15, 0.2) is 11.5 Å². The quantitative estimate of drug-likeness (QED) is 0.551. The van der Waals surface area contributed by atoms with Crippen LogP contribution in [-0.4, -0.2) is 35.0 Å². The molecule has 0 amide bonds. The van der Waals surface area contributed by atoms with Crippen molar-refractivity contribution in [2.75, 3.05) is 7.11 Å². The lowest BCUT2D eigenvalue weighted by atomic mass is 10.2. The third-order valence-electron chi connectivity index (χ3n) is 4.11. The molecule has 1 heterocycles. The maximum Gasteiger partial charge on any atom is 0.417 e. The first-order chi connectivity index (χ1) is 15.0. The van der Waals surface area contributed by atoms with E-state index in [-0.39, 0.29) is 11.8 Å². The third-order valence-corrected chi connectivity index (χ3v) is 5.91. The van der Waals surface area contributed by atoms with Crippen molar-refractivity contribution in [3.63, 3.8) is 0 Å². The normalized spacial score (nSPS) is 11.8. The van der Waals surface area contributed by atoms with Crippen molar-refractivity contribution in [2.24, 2.45) is 7.05 Å². The van der Waals surface area contributed by atoms with Crippen LogP contribution in [0.15, 0.2) is 58.2 Å². The van der Waals surface area contributed by atoms with Crippen LogP contribution >= 0.6 is 12.2 Å². The van der Waals surface area contributed by atoms with Crippen LogP contribution in [0.5, 0.6) is 17.5 Å². The second-order valence-electron chi connectivity index (χ2n) is 6.19. The highest BCUT2D eigenvalue weighted by Crippen LogP contribution is 2.34. The van der Waals surface area contributed by atoms with Crippen LogP contribution in [0, 0.1) is 0 Å². The number of methoxy groups -OCH3 is 1. The van der Waals surface area contributed by atoms with Gasteiger partial charge in [-0.05, 0) is 36.5 Å². The van der Waals surface area contributed by atoms with E-state index in [1.54, 1.807) is 22.9 Å². The summed E-state index contributed by atoms with van der Waals surface area (Å²) in [5.74, 6) is 0.544. The number of sulfonamides is 1. The van der Waals surface area contributed by atoms with E-state index in [2.05, 4.69) is 5.10 Å². The Bertz CT molecular complexity index is 1330. The van der Waals surface area contributed by atoms with Crippen molar-refractivity contribution in [1.82, 2.24) is 19.1 Å². The van der Waals surface area contributed by atoms with Gasteiger partial charge in [-0.25, -0.2) is 17.8 Å². The summed E-state index contributed by atoms with van der Waals surface area (Å²) in [6.07, 6.45) is -4.93. The molecule has 0 spiro atoms. The number of nitrogens with one attached hydrogen (secondary N) is 1. The number of halogens is 3. The highest BCUT2D eigenvalue weighted by atomic mass is 32.2. The number of alkyl halides is 3. The summed E-state index contributed by atoms with van der Waals surface area (Å²) in [5, 5.41) is 3.06. The molecule has 0 saturated heterocycles. The molecule has 3 rings (SSSR count). The van der Waals surface area contributed by atoms with E-state index in [1.807, 2.05) is 0 Å². The van der Waals surface area contributed by atoms with E-state index in [9.17, 15) is 26.4 Å². The Morgan fingerprint density at radius 2 is 1.69 bits per heavy atom. The van der Waals surface area contributed by atoms with Gasteiger partial charge in [0.2, 0.25) is 5.11 Å². The van der Waals surface area contributed by atoms with Crippen molar-refractivity contribution in [3.05, 3.63) is 64.6 Å². The highest BCUT2D eigenvalue weighted by molar-refractivity contribution is 7.92. The van der Waals surface area contributed by atoms with Gasteiger partial charge in [0.05, 0.1) is 17.6 Å².